The molecule has 41 heavy (non-hydrogen) atoms. The van der Waals surface area contributed by atoms with E-state index in [-0.39, 0.29) is 39.5 Å². The summed E-state index contributed by atoms with van der Waals surface area (Å²) in [5, 5.41) is 2.55. The smallest absolute Gasteiger partial charge is 0.264 e. The number of carbonyl (C=O) groups is 1. The Balaban J connectivity index is 1.35. The lowest BCUT2D eigenvalue weighted by Gasteiger charge is -2.25. The SMILES string of the molecule is O=C(CN(c1ccc(F)cc1)S(=O)(=O)c1ccc2c(c1)OCCO2)Nc1ccc(S(=O)(=O)Nc2ncccn2)cc1. The molecule has 0 unspecified atom stereocenters. The lowest BCUT2D eigenvalue weighted by molar-refractivity contribution is -0.114. The van der Waals surface area contributed by atoms with Crippen LogP contribution in [0, 0.1) is 5.82 Å². The molecule has 0 fully saturated rings. The van der Waals surface area contributed by atoms with E-state index in [2.05, 4.69) is 20.0 Å². The molecule has 1 amide bonds. The Morgan fingerprint density at radius 3 is 2.17 bits per heavy atom. The largest absolute Gasteiger partial charge is 0.486 e. The lowest BCUT2D eigenvalue weighted by atomic mass is 10.3. The van der Waals surface area contributed by atoms with Crippen molar-refractivity contribution in [1.29, 1.82) is 0 Å². The third kappa shape index (κ3) is 6.36. The minimum atomic E-state index is -4.33. The second kappa shape index (κ2) is 11.4. The molecule has 1 aliphatic heterocycles. The first-order valence-electron chi connectivity index (χ1n) is 12.0. The topological polar surface area (TPSA) is 157 Å². The molecule has 5 rings (SSSR count). The minimum Gasteiger partial charge on any atom is -0.486 e. The Morgan fingerprint density at radius 1 is 0.854 bits per heavy atom. The van der Waals surface area contributed by atoms with Gasteiger partial charge in [-0.15, -0.1) is 0 Å². The third-order valence-electron chi connectivity index (χ3n) is 5.74. The zero-order chi connectivity index (χ0) is 29.0. The first-order valence-corrected chi connectivity index (χ1v) is 14.9. The van der Waals surface area contributed by atoms with Gasteiger partial charge < -0.3 is 14.8 Å². The van der Waals surface area contributed by atoms with Crippen molar-refractivity contribution in [2.45, 2.75) is 9.79 Å². The number of nitrogens with one attached hydrogen (secondary N) is 2. The number of sulfonamides is 2. The molecular weight excluding hydrogens is 577 g/mol. The molecule has 2 heterocycles. The number of hydrogen-bond acceptors (Lipinski definition) is 9. The van der Waals surface area contributed by atoms with Gasteiger partial charge in [-0.1, -0.05) is 0 Å². The normalized spacial score (nSPS) is 12.8. The monoisotopic (exact) mass is 599 g/mol. The number of halogens is 1. The molecule has 15 heteroatoms. The molecule has 0 spiro atoms. The van der Waals surface area contributed by atoms with Crippen molar-refractivity contribution in [3.8, 4) is 11.5 Å². The van der Waals surface area contributed by atoms with Crippen LogP contribution in [-0.2, 0) is 24.8 Å². The summed E-state index contributed by atoms with van der Waals surface area (Å²) < 4.78 is 80.2. The van der Waals surface area contributed by atoms with E-state index < -0.39 is 38.3 Å². The zero-order valence-electron chi connectivity index (χ0n) is 21.1. The summed E-state index contributed by atoms with van der Waals surface area (Å²) in [5.41, 5.74) is 0.257. The number of anilines is 3. The maximum atomic E-state index is 13.7. The van der Waals surface area contributed by atoms with Gasteiger partial charge in [-0.05, 0) is 66.7 Å². The van der Waals surface area contributed by atoms with Crippen molar-refractivity contribution in [1.82, 2.24) is 9.97 Å². The molecule has 3 aromatic carbocycles. The Hall–Kier alpha value is -4.76. The van der Waals surface area contributed by atoms with Crippen LogP contribution in [0.5, 0.6) is 11.5 Å². The highest BCUT2D eigenvalue weighted by atomic mass is 32.2. The van der Waals surface area contributed by atoms with Crippen molar-refractivity contribution in [3.63, 3.8) is 0 Å². The van der Waals surface area contributed by atoms with Gasteiger partial charge in [-0.2, -0.15) is 0 Å². The Bertz CT molecular complexity index is 1770. The molecule has 0 bridgehead atoms. The number of amides is 1. The van der Waals surface area contributed by atoms with Gasteiger partial charge >= 0.3 is 0 Å². The third-order valence-corrected chi connectivity index (χ3v) is 8.86. The standard InChI is InChI=1S/C26H22FN5O7S2/c27-18-2-6-20(7-3-18)32(41(36,37)22-10-11-23-24(16-22)39-15-14-38-23)17-25(33)30-19-4-8-21(9-5-19)40(34,35)31-26-28-12-1-13-29-26/h1-13,16H,14-15,17H2,(H,30,33)(H,28,29,31). The fourth-order valence-corrected chi connectivity index (χ4v) is 6.21. The summed E-state index contributed by atoms with van der Waals surface area (Å²) in [4.78, 5) is 20.4. The summed E-state index contributed by atoms with van der Waals surface area (Å²) in [5.74, 6) is -0.799. The predicted octanol–water partition coefficient (Wildman–Crippen LogP) is 3.02. The molecule has 0 atom stereocenters. The Kier molecular flexibility index (Phi) is 7.72. The molecule has 12 nitrogen and oxygen atoms in total. The maximum absolute atomic E-state index is 13.7. The molecule has 212 valence electrons. The van der Waals surface area contributed by atoms with Gasteiger partial charge in [-0.25, -0.2) is 35.9 Å². The van der Waals surface area contributed by atoms with Crippen LogP contribution in [-0.4, -0.2) is 52.5 Å². The minimum absolute atomic E-state index is 0.0482. The lowest BCUT2D eigenvalue weighted by Crippen LogP contribution is -2.38. The molecule has 0 aliphatic carbocycles. The fourth-order valence-electron chi connectivity index (χ4n) is 3.81. The Morgan fingerprint density at radius 2 is 1.49 bits per heavy atom. The average molecular weight is 600 g/mol. The van der Waals surface area contributed by atoms with E-state index in [9.17, 15) is 26.0 Å². The highest BCUT2D eigenvalue weighted by molar-refractivity contribution is 7.93. The van der Waals surface area contributed by atoms with Crippen LogP contribution in [0.2, 0.25) is 0 Å². The van der Waals surface area contributed by atoms with Crippen molar-refractivity contribution in [3.05, 3.63) is 91.0 Å². The van der Waals surface area contributed by atoms with Crippen molar-refractivity contribution in [2.75, 3.05) is 34.1 Å². The first-order chi connectivity index (χ1) is 19.6. The number of carbonyl (C=O) groups excluding carboxylic acids is 1. The van der Waals surface area contributed by atoms with Gasteiger partial charge in [-0.3, -0.25) is 9.10 Å². The van der Waals surface area contributed by atoms with Crippen LogP contribution in [0.25, 0.3) is 0 Å². The van der Waals surface area contributed by atoms with Crippen molar-refractivity contribution < 1.29 is 35.5 Å². The van der Waals surface area contributed by atoms with Gasteiger partial charge in [0.15, 0.2) is 11.5 Å². The maximum Gasteiger partial charge on any atom is 0.264 e. The average Bonchev–Trinajstić information content (AvgIpc) is 2.97. The second-order valence-corrected chi connectivity index (χ2v) is 12.1. The van der Waals surface area contributed by atoms with E-state index in [4.69, 9.17) is 9.47 Å². The van der Waals surface area contributed by atoms with Crippen LogP contribution in [0.3, 0.4) is 0 Å². The zero-order valence-corrected chi connectivity index (χ0v) is 22.7. The highest BCUT2D eigenvalue weighted by Crippen LogP contribution is 2.34. The van der Waals surface area contributed by atoms with Crippen molar-refractivity contribution in [2.24, 2.45) is 0 Å². The van der Waals surface area contributed by atoms with Gasteiger partial charge in [0.1, 0.15) is 25.6 Å². The number of rotatable bonds is 9. The predicted molar refractivity (Wildman–Crippen MR) is 146 cm³/mol. The van der Waals surface area contributed by atoms with Gasteiger partial charge in [0.25, 0.3) is 20.0 Å². The highest BCUT2D eigenvalue weighted by Gasteiger charge is 2.29. The summed E-state index contributed by atoms with van der Waals surface area (Å²) in [7, 11) is -8.33. The fraction of sp³-hybridized carbons (Fsp3) is 0.115. The van der Waals surface area contributed by atoms with Crippen LogP contribution in [0.1, 0.15) is 0 Å². The first kappa shape index (κ1) is 27.8. The number of nitrogens with zero attached hydrogens (tertiary/aromatic N) is 3. The van der Waals surface area contributed by atoms with Crippen LogP contribution in [0.15, 0.2) is 95.0 Å². The molecule has 4 aromatic rings. The summed E-state index contributed by atoms with van der Waals surface area (Å²) in [6, 6.07) is 15.4. The second-order valence-electron chi connectivity index (χ2n) is 8.54. The molecule has 1 aromatic heterocycles. The molecule has 0 saturated carbocycles. The summed E-state index contributed by atoms with van der Waals surface area (Å²) >= 11 is 0. The summed E-state index contributed by atoms with van der Waals surface area (Å²) in [6.07, 6.45) is 2.76. The quantitative estimate of drug-likeness (QED) is 0.295. The van der Waals surface area contributed by atoms with Crippen LogP contribution < -0.4 is 23.8 Å². The van der Waals surface area contributed by atoms with E-state index in [1.165, 1.54) is 73.1 Å². The summed E-state index contributed by atoms with van der Waals surface area (Å²) in [6.45, 7) is -0.0992. The van der Waals surface area contributed by atoms with Crippen LogP contribution in [0.4, 0.5) is 21.7 Å². The molecule has 0 saturated heterocycles. The number of fused-ring (bicyclic) bond motifs is 1. The van der Waals surface area contributed by atoms with E-state index >= 15 is 0 Å². The van der Waals surface area contributed by atoms with E-state index in [0.29, 0.717) is 12.4 Å². The van der Waals surface area contributed by atoms with E-state index in [1.807, 2.05) is 0 Å². The number of aromatic nitrogens is 2. The van der Waals surface area contributed by atoms with Gasteiger partial charge in [0.2, 0.25) is 11.9 Å². The number of benzene rings is 3. The molecular formula is C26H22FN5O7S2. The van der Waals surface area contributed by atoms with E-state index in [1.54, 1.807) is 0 Å². The molecule has 2 N–H and O–H groups in total. The number of ether oxygens (including phenoxy) is 2. The van der Waals surface area contributed by atoms with Crippen LogP contribution >= 0.6 is 0 Å². The van der Waals surface area contributed by atoms with E-state index in [0.717, 1.165) is 16.4 Å². The van der Waals surface area contributed by atoms with Gasteiger partial charge in [0, 0.05) is 24.1 Å². The van der Waals surface area contributed by atoms with Crippen molar-refractivity contribution >= 4 is 43.3 Å². The number of hydrogen-bond donors (Lipinski definition) is 2. The molecule has 0 radical (unpaired) electrons. The Labute approximate surface area is 234 Å². The van der Waals surface area contributed by atoms with Gasteiger partial charge in [0.05, 0.1) is 15.5 Å². The molecule has 1 aliphatic rings.